The Bertz CT molecular complexity index is 508. The third-order valence-corrected chi connectivity index (χ3v) is 5.31. The Morgan fingerprint density at radius 1 is 1.40 bits per heavy atom. The molecule has 3 rings (SSSR count). The Balaban J connectivity index is 1.90. The van der Waals surface area contributed by atoms with E-state index in [4.69, 9.17) is 0 Å². The number of aromatic nitrogens is 1. The van der Waals surface area contributed by atoms with Crippen LogP contribution in [0.25, 0.3) is 0 Å². The zero-order valence-electron chi connectivity index (χ0n) is 11.6. The highest BCUT2D eigenvalue weighted by atomic mass is 32.1. The van der Waals surface area contributed by atoms with Crippen molar-refractivity contribution in [3.05, 3.63) is 16.6 Å². The van der Waals surface area contributed by atoms with Gasteiger partial charge in [0.25, 0.3) is 0 Å². The molecule has 2 heterocycles. The van der Waals surface area contributed by atoms with E-state index in [1.165, 1.54) is 0 Å². The maximum atomic E-state index is 12.9. The largest absolute Gasteiger partial charge is 0.342 e. The molecule has 6 heteroatoms. The first-order valence-corrected chi connectivity index (χ1v) is 8.02. The van der Waals surface area contributed by atoms with Crippen molar-refractivity contribution in [1.29, 1.82) is 0 Å². The highest BCUT2D eigenvalue weighted by molar-refractivity contribution is 7.09. The molecule has 5 nitrogen and oxygen atoms in total. The third-order valence-electron chi connectivity index (χ3n) is 4.36. The zero-order chi connectivity index (χ0) is 14.2. The Morgan fingerprint density at radius 3 is 2.80 bits per heavy atom. The highest BCUT2D eigenvalue weighted by Crippen LogP contribution is 2.35. The van der Waals surface area contributed by atoms with Crippen molar-refractivity contribution >= 4 is 23.2 Å². The normalized spacial score (nSPS) is 23.8. The number of rotatable bonds is 2. The molecule has 0 bridgehead atoms. The summed E-state index contributed by atoms with van der Waals surface area (Å²) in [6.07, 6.45) is 5.67. The van der Waals surface area contributed by atoms with Crippen LogP contribution in [0.15, 0.2) is 11.6 Å². The first kappa shape index (κ1) is 13.5. The quantitative estimate of drug-likeness (QED) is 0.905. The molecule has 1 atom stereocenters. The molecule has 1 aliphatic carbocycles. The van der Waals surface area contributed by atoms with Gasteiger partial charge in [-0.15, -0.1) is 11.3 Å². The van der Waals surface area contributed by atoms with Crippen molar-refractivity contribution in [2.45, 2.75) is 50.6 Å². The van der Waals surface area contributed by atoms with Crippen LogP contribution in [-0.2, 0) is 9.59 Å². The summed E-state index contributed by atoms with van der Waals surface area (Å²) in [7, 11) is 0. The molecule has 2 fully saturated rings. The van der Waals surface area contributed by atoms with Gasteiger partial charge in [0.2, 0.25) is 11.8 Å². The smallest absolute Gasteiger partial charge is 0.248 e. The predicted octanol–water partition coefficient (Wildman–Crippen LogP) is 1.87. The molecule has 1 aromatic rings. The summed E-state index contributed by atoms with van der Waals surface area (Å²) in [4.78, 5) is 31.0. The van der Waals surface area contributed by atoms with Crippen LogP contribution in [0.5, 0.6) is 0 Å². The van der Waals surface area contributed by atoms with E-state index in [1.807, 2.05) is 17.2 Å². The molecule has 1 saturated carbocycles. The molecular formula is C14H19N3O2S. The lowest BCUT2D eigenvalue weighted by Crippen LogP contribution is -2.55. The van der Waals surface area contributed by atoms with Gasteiger partial charge in [0.1, 0.15) is 10.5 Å². The maximum absolute atomic E-state index is 12.9. The fourth-order valence-electron chi connectivity index (χ4n) is 3.24. The van der Waals surface area contributed by atoms with Gasteiger partial charge in [-0.05, 0) is 19.8 Å². The average molecular weight is 293 g/mol. The van der Waals surface area contributed by atoms with Gasteiger partial charge in [-0.3, -0.25) is 9.59 Å². The minimum absolute atomic E-state index is 0.00547. The second-order valence-corrected chi connectivity index (χ2v) is 6.56. The molecule has 0 radical (unpaired) electrons. The van der Waals surface area contributed by atoms with E-state index in [0.717, 1.165) is 30.7 Å². The molecule has 108 valence electrons. The van der Waals surface area contributed by atoms with Crippen molar-refractivity contribution in [1.82, 2.24) is 15.2 Å². The third kappa shape index (κ3) is 2.22. The SMILES string of the molecule is CC(c1nccs1)N1CCC(=O)NC2(CCCC2)C1=O. The first-order chi connectivity index (χ1) is 9.62. The van der Waals surface area contributed by atoms with Crippen LogP contribution in [0.1, 0.15) is 50.1 Å². The first-order valence-electron chi connectivity index (χ1n) is 7.14. The summed E-state index contributed by atoms with van der Waals surface area (Å²) in [5.41, 5.74) is -0.654. The second kappa shape index (κ2) is 5.16. The molecule has 1 aromatic heterocycles. The number of thiazole rings is 1. The standard InChI is InChI=1S/C14H19N3O2S/c1-10(12-15-7-9-20-12)17-8-4-11(18)16-14(13(17)19)5-2-3-6-14/h7,9-10H,2-6,8H2,1H3,(H,16,18). The van der Waals surface area contributed by atoms with Crippen molar-refractivity contribution < 1.29 is 9.59 Å². The molecule has 0 aromatic carbocycles. The van der Waals surface area contributed by atoms with E-state index in [0.29, 0.717) is 13.0 Å². The number of carbonyl (C=O) groups is 2. The molecule has 20 heavy (non-hydrogen) atoms. The van der Waals surface area contributed by atoms with E-state index in [-0.39, 0.29) is 17.9 Å². The molecular weight excluding hydrogens is 274 g/mol. The average Bonchev–Trinajstić information content (AvgIpc) is 3.07. The van der Waals surface area contributed by atoms with Crippen LogP contribution in [0, 0.1) is 0 Å². The Kier molecular flexibility index (Phi) is 3.50. The lowest BCUT2D eigenvalue weighted by molar-refractivity contribution is -0.140. The van der Waals surface area contributed by atoms with E-state index in [9.17, 15) is 9.59 Å². The Morgan fingerprint density at radius 2 is 2.15 bits per heavy atom. The number of carbonyl (C=O) groups excluding carboxylic acids is 2. The van der Waals surface area contributed by atoms with E-state index in [2.05, 4.69) is 10.3 Å². The molecule has 1 saturated heterocycles. The molecule has 1 aliphatic heterocycles. The summed E-state index contributed by atoms with van der Waals surface area (Å²) >= 11 is 1.55. The van der Waals surface area contributed by atoms with Crippen LogP contribution < -0.4 is 5.32 Å². The zero-order valence-corrected chi connectivity index (χ0v) is 12.4. The van der Waals surface area contributed by atoms with Gasteiger partial charge in [0, 0.05) is 24.5 Å². The summed E-state index contributed by atoms with van der Waals surface area (Å²) in [5, 5.41) is 5.84. The summed E-state index contributed by atoms with van der Waals surface area (Å²) < 4.78 is 0. The van der Waals surface area contributed by atoms with Crippen molar-refractivity contribution in [2.24, 2.45) is 0 Å². The van der Waals surface area contributed by atoms with Gasteiger partial charge < -0.3 is 10.2 Å². The second-order valence-electron chi connectivity index (χ2n) is 5.63. The van der Waals surface area contributed by atoms with E-state index >= 15 is 0 Å². The topological polar surface area (TPSA) is 62.3 Å². The van der Waals surface area contributed by atoms with Crippen molar-refractivity contribution in [2.75, 3.05) is 6.54 Å². The molecule has 1 spiro atoms. The van der Waals surface area contributed by atoms with Crippen molar-refractivity contribution in [3.63, 3.8) is 0 Å². The van der Waals surface area contributed by atoms with Crippen LogP contribution in [0.3, 0.4) is 0 Å². The highest BCUT2D eigenvalue weighted by Gasteiger charge is 2.47. The van der Waals surface area contributed by atoms with E-state index < -0.39 is 5.54 Å². The van der Waals surface area contributed by atoms with Crippen molar-refractivity contribution in [3.8, 4) is 0 Å². The number of nitrogens with zero attached hydrogens (tertiary/aromatic N) is 2. The number of hydrogen-bond donors (Lipinski definition) is 1. The number of hydrogen-bond acceptors (Lipinski definition) is 4. The van der Waals surface area contributed by atoms with Gasteiger partial charge in [-0.1, -0.05) is 12.8 Å². The van der Waals surface area contributed by atoms with Crippen LogP contribution in [0.4, 0.5) is 0 Å². The van der Waals surface area contributed by atoms with Crippen LogP contribution in [-0.4, -0.2) is 33.8 Å². The van der Waals surface area contributed by atoms with E-state index in [1.54, 1.807) is 17.5 Å². The molecule has 1 N–H and O–H groups in total. The fraction of sp³-hybridized carbons (Fsp3) is 0.643. The summed E-state index contributed by atoms with van der Waals surface area (Å²) in [6, 6.07) is -0.0623. The Hall–Kier alpha value is -1.43. The van der Waals surface area contributed by atoms with Gasteiger partial charge in [0.15, 0.2) is 0 Å². The Labute approximate surface area is 122 Å². The van der Waals surface area contributed by atoms with Gasteiger partial charge in [0.05, 0.1) is 6.04 Å². The number of nitrogens with one attached hydrogen (secondary N) is 1. The monoisotopic (exact) mass is 293 g/mol. The molecule has 2 aliphatic rings. The van der Waals surface area contributed by atoms with Crippen LogP contribution in [0.2, 0.25) is 0 Å². The fourth-order valence-corrected chi connectivity index (χ4v) is 3.95. The molecule has 2 amide bonds. The lowest BCUT2D eigenvalue weighted by atomic mass is 9.95. The van der Waals surface area contributed by atoms with Crippen LogP contribution >= 0.6 is 11.3 Å². The minimum Gasteiger partial charge on any atom is -0.342 e. The number of amides is 2. The molecule has 1 unspecified atom stereocenters. The summed E-state index contributed by atoms with van der Waals surface area (Å²) in [6.45, 7) is 2.47. The van der Waals surface area contributed by atoms with Gasteiger partial charge in [-0.2, -0.15) is 0 Å². The predicted molar refractivity (Wildman–Crippen MR) is 76.2 cm³/mol. The summed E-state index contributed by atoms with van der Waals surface area (Å²) in [5.74, 6) is 0.0673. The lowest BCUT2D eigenvalue weighted by Gasteiger charge is -2.34. The minimum atomic E-state index is -0.654. The van der Waals surface area contributed by atoms with Gasteiger partial charge in [-0.25, -0.2) is 4.98 Å². The van der Waals surface area contributed by atoms with Gasteiger partial charge >= 0.3 is 0 Å². The maximum Gasteiger partial charge on any atom is 0.248 e.